The van der Waals surface area contributed by atoms with E-state index in [2.05, 4.69) is 9.97 Å². The second kappa shape index (κ2) is 9.34. The highest BCUT2D eigenvalue weighted by Gasteiger charge is 2.12. The Morgan fingerprint density at radius 2 is 1.75 bits per heavy atom. The van der Waals surface area contributed by atoms with Crippen LogP contribution >= 0.6 is 0 Å². The van der Waals surface area contributed by atoms with Crippen LogP contribution in [0.25, 0.3) is 11.5 Å². The Labute approximate surface area is 185 Å². The third-order valence-corrected chi connectivity index (χ3v) is 4.89. The molecule has 0 unspecified atom stereocenters. The molecule has 1 N–H and O–H groups in total. The number of benzene rings is 2. The summed E-state index contributed by atoms with van der Waals surface area (Å²) in [6.07, 6.45) is 1.51. The molecular weight excluding hydrogens is 408 g/mol. The molecule has 4 rings (SSSR count). The predicted octanol–water partition coefficient (Wildman–Crippen LogP) is 5.21. The zero-order valence-corrected chi connectivity index (χ0v) is 17.7. The van der Waals surface area contributed by atoms with Gasteiger partial charge in [0.2, 0.25) is 5.89 Å². The number of ether oxygens (including phenoxy) is 2. The van der Waals surface area contributed by atoms with Gasteiger partial charge >= 0.3 is 5.97 Å². The summed E-state index contributed by atoms with van der Waals surface area (Å²) in [7, 11) is 0. The van der Waals surface area contributed by atoms with Gasteiger partial charge in [-0.2, -0.15) is 0 Å². The van der Waals surface area contributed by atoms with Gasteiger partial charge in [0.05, 0.1) is 17.5 Å². The minimum absolute atomic E-state index is 0.123. The van der Waals surface area contributed by atoms with Crippen LogP contribution in [0.2, 0.25) is 0 Å². The van der Waals surface area contributed by atoms with Crippen LogP contribution in [0.4, 0.5) is 0 Å². The van der Waals surface area contributed by atoms with E-state index in [0.29, 0.717) is 28.8 Å². The number of pyridine rings is 1. The summed E-state index contributed by atoms with van der Waals surface area (Å²) in [5.41, 5.74) is 3.09. The highest BCUT2D eigenvalue weighted by molar-refractivity contribution is 5.89. The number of oxazole rings is 1. The highest BCUT2D eigenvalue weighted by atomic mass is 16.5. The first-order valence-corrected chi connectivity index (χ1v) is 10.1. The van der Waals surface area contributed by atoms with Gasteiger partial charge in [0, 0.05) is 5.56 Å². The van der Waals surface area contributed by atoms with Gasteiger partial charge in [0.25, 0.3) is 0 Å². The first-order valence-electron chi connectivity index (χ1n) is 10.1. The zero-order chi connectivity index (χ0) is 22.5. The molecular formula is C25H22N2O5. The van der Waals surface area contributed by atoms with Crippen LogP contribution in [0.1, 0.15) is 33.1 Å². The summed E-state index contributed by atoms with van der Waals surface area (Å²) in [5.74, 6) is 1.31. The van der Waals surface area contributed by atoms with Crippen molar-refractivity contribution in [2.24, 2.45) is 0 Å². The van der Waals surface area contributed by atoms with Crippen molar-refractivity contribution in [3.63, 3.8) is 0 Å². The molecule has 7 heteroatoms. The first-order chi connectivity index (χ1) is 15.5. The van der Waals surface area contributed by atoms with Crippen LogP contribution in [0, 0.1) is 13.8 Å². The summed E-state index contributed by atoms with van der Waals surface area (Å²) in [5, 5.41) is 9.23. The molecule has 2 aromatic heterocycles. The molecule has 32 heavy (non-hydrogen) atoms. The standard InChI is InChI=1S/C25H22N2O5/c1-16-22(25(28)29)12-21(13-26-16)30-14-18-7-6-10-20(11-18)31-15-23-17(2)32-24(27-23)19-8-4-3-5-9-19/h3-13H,14-15H2,1-2H3,(H,28,29). The van der Waals surface area contributed by atoms with E-state index in [1.807, 2.05) is 61.5 Å². The third-order valence-electron chi connectivity index (χ3n) is 4.89. The molecule has 0 amide bonds. The van der Waals surface area contributed by atoms with E-state index in [1.165, 1.54) is 12.3 Å². The summed E-state index contributed by atoms with van der Waals surface area (Å²) < 4.78 is 17.4. The van der Waals surface area contributed by atoms with Gasteiger partial charge < -0.3 is 19.0 Å². The van der Waals surface area contributed by atoms with Crippen LogP contribution in [0.15, 0.2) is 71.3 Å². The van der Waals surface area contributed by atoms with Crippen molar-refractivity contribution in [3.05, 3.63) is 95.1 Å². The number of aromatic carboxylic acids is 1. The normalized spacial score (nSPS) is 10.7. The number of hydrogen-bond donors (Lipinski definition) is 1. The van der Waals surface area contributed by atoms with Crippen LogP contribution in [0.3, 0.4) is 0 Å². The molecule has 0 spiro atoms. The van der Waals surface area contributed by atoms with Crippen LogP contribution in [-0.4, -0.2) is 21.0 Å². The number of rotatable bonds is 8. The number of nitrogens with zero attached hydrogens (tertiary/aromatic N) is 2. The lowest BCUT2D eigenvalue weighted by atomic mass is 10.2. The molecule has 0 aliphatic heterocycles. The van der Waals surface area contributed by atoms with Crippen molar-refractivity contribution in [1.29, 1.82) is 0 Å². The Kier molecular flexibility index (Phi) is 6.17. The Hall–Kier alpha value is -4.13. The minimum Gasteiger partial charge on any atom is -0.487 e. The molecule has 0 aliphatic carbocycles. The van der Waals surface area contributed by atoms with Crippen molar-refractivity contribution >= 4 is 5.97 Å². The van der Waals surface area contributed by atoms with Gasteiger partial charge in [-0.05, 0) is 49.7 Å². The third kappa shape index (κ3) is 4.95. The molecule has 4 aromatic rings. The zero-order valence-electron chi connectivity index (χ0n) is 17.7. The van der Waals surface area contributed by atoms with Crippen molar-refractivity contribution < 1.29 is 23.8 Å². The van der Waals surface area contributed by atoms with E-state index in [1.54, 1.807) is 6.92 Å². The lowest BCUT2D eigenvalue weighted by Crippen LogP contribution is -2.04. The maximum atomic E-state index is 11.3. The number of hydrogen-bond acceptors (Lipinski definition) is 6. The number of carbonyl (C=O) groups is 1. The van der Waals surface area contributed by atoms with Gasteiger partial charge in [-0.25, -0.2) is 9.78 Å². The molecule has 0 aliphatic rings. The van der Waals surface area contributed by atoms with Crippen LogP contribution < -0.4 is 9.47 Å². The molecule has 0 radical (unpaired) electrons. The first kappa shape index (κ1) is 21.1. The van der Waals surface area contributed by atoms with Crippen molar-refractivity contribution in [2.45, 2.75) is 27.1 Å². The Bertz CT molecular complexity index is 1230. The molecule has 162 valence electrons. The Balaban J connectivity index is 1.39. The molecule has 2 aromatic carbocycles. The maximum absolute atomic E-state index is 11.3. The maximum Gasteiger partial charge on any atom is 0.337 e. The smallest absolute Gasteiger partial charge is 0.337 e. The van der Waals surface area contributed by atoms with Crippen molar-refractivity contribution in [1.82, 2.24) is 9.97 Å². The molecule has 7 nitrogen and oxygen atoms in total. The van der Waals surface area contributed by atoms with Gasteiger partial charge in [0.1, 0.15) is 36.2 Å². The quantitative estimate of drug-likeness (QED) is 0.410. The molecule has 2 heterocycles. The number of aromatic nitrogens is 2. The second-order valence-corrected chi connectivity index (χ2v) is 7.22. The topological polar surface area (TPSA) is 94.7 Å². The van der Waals surface area contributed by atoms with Gasteiger partial charge in [-0.1, -0.05) is 30.3 Å². The average molecular weight is 430 g/mol. The minimum atomic E-state index is -1.03. The van der Waals surface area contributed by atoms with E-state index in [4.69, 9.17) is 13.9 Å². The summed E-state index contributed by atoms with van der Waals surface area (Å²) in [4.78, 5) is 19.9. The highest BCUT2D eigenvalue weighted by Crippen LogP contribution is 2.23. The number of aryl methyl sites for hydroxylation is 2. The molecule has 0 saturated carbocycles. The Morgan fingerprint density at radius 1 is 0.969 bits per heavy atom. The second-order valence-electron chi connectivity index (χ2n) is 7.22. The number of carboxylic acids is 1. The fourth-order valence-corrected chi connectivity index (χ4v) is 3.12. The monoisotopic (exact) mass is 430 g/mol. The largest absolute Gasteiger partial charge is 0.487 e. The van der Waals surface area contributed by atoms with Crippen LogP contribution in [0.5, 0.6) is 11.5 Å². The van der Waals surface area contributed by atoms with Crippen LogP contribution in [-0.2, 0) is 13.2 Å². The summed E-state index contributed by atoms with van der Waals surface area (Å²) >= 11 is 0. The fraction of sp³-hybridized carbons (Fsp3) is 0.160. The summed E-state index contributed by atoms with van der Waals surface area (Å²) in [6.45, 7) is 4.04. The molecule has 0 atom stereocenters. The van der Waals surface area contributed by atoms with Gasteiger partial charge in [-0.15, -0.1) is 0 Å². The Morgan fingerprint density at radius 3 is 2.53 bits per heavy atom. The van der Waals surface area contributed by atoms with E-state index >= 15 is 0 Å². The van der Waals surface area contributed by atoms with Crippen molar-refractivity contribution in [2.75, 3.05) is 0 Å². The predicted molar refractivity (Wildman–Crippen MR) is 118 cm³/mol. The number of carboxylic acid groups (broad SMARTS) is 1. The SMILES string of the molecule is Cc1ncc(OCc2cccc(OCc3nc(-c4ccccc4)oc3C)c2)cc1C(=O)O. The summed E-state index contributed by atoms with van der Waals surface area (Å²) in [6, 6.07) is 18.7. The van der Waals surface area contributed by atoms with E-state index < -0.39 is 5.97 Å². The van der Waals surface area contributed by atoms with Gasteiger partial charge in [0.15, 0.2) is 0 Å². The van der Waals surface area contributed by atoms with Gasteiger partial charge in [-0.3, -0.25) is 4.98 Å². The average Bonchev–Trinajstić information content (AvgIpc) is 3.18. The molecule has 0 saturated heterocycles. The molecule has 0 fully saturated rings. The van der Waals surface area contributed by atoms with Crippen molar-refractivity contribution in [3.8, 4) is 23.0 Å². The molecule has 0 bridgehead atoms. The fourth-order valence-electron chi connectivity index (χ4n) is 3.12. The lowest BCUT2D eigenvalue weighted by Gasteiger charge is -2.10. The van der Waals surface area contributed by atoms with E-state index in [9.17, 15) is 9.90 Å². The van der Waals surface area contributed by atoms with E-state index in [0.717, 1.165) is 16.8 Å². The van der Waals surface area contributed by atoms with E-state index in [-0.39, 0.29) is 18.8 Å². The lowest BCUT2D eigenvalue weighted by molar-refractivity contribution is 0.0695.